The Hall–Kier alpha value is -3.93. The largest absolute Gasteiger partial charge is 0.493 e. The molecule has 31 heavy (non-hydrogen) atoms. The molecule has 0 saturated heterocycles. The number of esters is 1. The van der Waals surface area contributed by atoms with E-state index in [0.717, 1.165) is 5.56 Å². The molecule has 158 valence electrons. The maximum atomic E-state index is 12.7. The van der Waals surface area contributed by atoms with E-state index < -0.39 is 18.5 Å². The number of rotatable bonds is 9. The Balaban J connectivity index is 1.48. The fraction of sp³-hybridized carbons (Fsp3) is 0.160. The van der Waals surface area contributed by atoms with Crippen molar-refractivity contribution in [2.75, 3.05) is 18.5 Å². The van der Waals surface area contributed by atoms with E-state index in [9.17, 15) is 14.4 Å². The van der Waals surface area contributed by atoms with Gasteiger partial charge >= 0.3 is 5.97 Å². The Morgan fingerprint density at radius 2 is 1.52 bits per heavy atom. The standard InChI is InChI=1S/C25H23NO5/c1-18-11-13-20(14-12-18)30-16-15-24(28)31-17-23(27)26-22-10-6-5-9-21(22)25(29)19-7-3-2-4-8-19/h2-14H,15-17H2,1H3,(H,26,27). The smallest absolute Gasteiger partial charge is 0.309 e. The van der Waals surface area contributed by atoms with Gasteiger partial charge in [0.05, 0.1) is 18.7 Å². The molecule has 1 N–H and O–H groups in total. The molecule has 0 atom stereocenters. The summed E-state index contributed by atoms with van der Waals surface area (Å²) in [5.41, 5.74) is 2.36. The second-order valence-corrected chi connectivity index (χ2v) is 6.86. The highest BCUT2D eigenvalue weighted by molar-refractivity contribution is 6.13. The number of benzene rings is 3. The SMILES string of the molecule is Cc1ccc(OCCC(=O)OCC(=O)Nc2ccccc2C(=O)c2ccccc2)cc1. The van der Waals surface area contributed by atoms with E-state index in [1.54, 1.807) is 48.5 Å². The van der Waals surface area contributed by atoms with E-state index >= 15 is 0 Å². The Bertz CT molecular complexity index is 1050. The molecular formula is C25H23NO5. The minimum atomic E-state index is -0.545. The number of hydrogen-bond donors (Lipinski definition) is 1. The molecule has 0 aliphatic rings. The summed E-state index contributed by atoms with van der Waals surface area (Å²) in [5.74, 6) is -0.616. The van der Waals surface area contributed by atoms with Crippen LogP contribution in [0.15, 0.2) is 78.9 Å². The highest BCUT2D eigenvalue weighted by Crippen LogP contribution is 2.19. The number of ether oxygens (including phenoxy) is 2. The molecule has 3 aromatic carbocycles. The first kappa shape index (κ1) is 21.8. The Morgan fingerprint density at radius 3 is 2.26 bits per heavy atom. The number of ketones is 1. The second kappa shape index (κ2) is 10.7. The Morgan fingerprint density at radius 1 is 0.839 bits per heavy atom. The molecule has 0 fully saturated rings. The maximum Gasteiger partial charge on any atom is 0.309 e. The van der Waals surface area contributed by atoms with Gasteiger partial charge in [-0.15, -0.1) is 0 Å². The summed E-state index contributed by atoms with van der Waals surface area (Å²) in [4.78, 5) is 36.8. The first-order valence-corrected chi connectivity index (χ1v) is 9.86. The number of anilines is 1. The van der Waals surface area contributed by atoms with Crippen molar-refractivity contribution >= 4 is 23.3 Å². The molecule has 0 saturated carbocycles. The summed E-state index contributed by atoms with van der Waals surface area (Å²) in [5, 5.41) is 2.64. The van der Waals surface area contributed by atoms with Crippen LogP contribution in [-0.4, -0.2) is 30.9 Å². The molecule has 3 rings (SSSR count). The van der Waals surface area contributed by atoms with Crippen LogP contribution in [0.4, 0.5) is 5.69 Å². The summed E-state index contributed by atoms with van der Waals surface area (Å²) in [6.45, 7) is 1.68. The molecule has 0 heterocycles. The number of aryl methyl sites for hydroxylation is 1. The van der Waals surface area contributed by atoms with E-state index in [2.05, 4.69) is 5.32 Å². The van der Waals surface area contributed by atoms with Crippen LogP contribution >= 0.6 is 0 Å². The van der Waals surface area contributed by atoms with Gasteiger partial charge in [0.1, 0.15) is 5.75 Å². The molecule has 3 aromatic rings. The predicted molar refractivity (Wildman–Crippen MR) is 117 cm³/mol. The lowest BCUT2D eigenvalue weighted by Crippen LogP contribution is -2.22. The summed E-state index contributed by atoms with van der Waals surface area (Å²) in [6, 6.07) is 23.0. The van der Waals surface area contributed by atoms with Gasteiger partial charge in [-0.3, -0.25) is 14.4 Å². The molecule has 6 nitrogen and oxygen atoms in total. The van der Waals surface area contributed by atoms with Crippen LogP contribution in [0, 0.1) is 6.92 Å². The lowest BCUT2D eigenvalue weighted by atomic mass is 10.0. The molecule has 0 aliphatic heterocycles. The van der Waals surface area contributed by atoms with Crippen molar-refractivity contribution in [3.8, 4) is 5.75 Å². The third kappa shape index (κ3) is 6.54. The van der Waals surface area contributed by atoms with Crippen molar-refractivity contribution in [3.05, 3.63) is 95.6 Å². The summed E-state index contributed by atoms with van der Waals surface area (Å²) in [6.07, 6.45) is 0.0181. The van der Waals surface area contributed by atoms with Crippen molar-refractivity contribution in [1.82, 2.24) is 0 Å². The minimum Gasteiger partial charge on any atom is -0.493 e. The number of carbonyl (C=O) groups is 3. The number of hydrogen-bond acceptors (Lipinski definition) is 5. The van der Waals surface area contributed by atoms with E-state index in [0.29, 0.717) is 22.6 Å². The van der Waals surface area contributed by atoms with Gasteiger partial charge in [0.25, 0.3) is 5.91 Å². The second-order valence-electron chi connectivity index (χ2n) is 6.86. The molecule has 1 amide bonds. The van der Waals surface area contributed by atoms with Crippen LogP contribution in [0.5, 0.6) is 5.75 Å². The van der Waals surface area contributed by atoms with Gasteiger partial charge in [0.15, 0.2) is 12.4 Å². The summed E-state index contributed by atoms with van der Waals surface area (Å²) >= 11 is 0. The average molecular weight is 417 g/mol. The highest BCUT2D eigenvalue weighted by atomic mass is 16.5. The van der Waals surface area contributed by atoms with Gasteiger partial charge in [-0.05, 0) is 31.2 Å². The van der Waals surface area contributed by atoms with Gasteiger partial charge in [0.2, 0.25) is 0 Å². The summed E-state index contributed by atoms with van der Waals surface area (Å²) < 4.78 is 10.5. The minimum absolute atomic E-state index is 0.0181. The lowest BCUT2D eigenvalue weighted by molar-refractivity contribution is -0.147. The van der Waals surface area contributed by atoms with Crippen LogP contribution in [0.1, 0.15) is 27.9 Å². The number of amides is 1. The Labute approximate surface area is 180 Å². The van der Waals surface area contributed by atoms with Gasteiger partial charge in [-0.25, -0.2) is 0 Å². The van der Waals surface area contributed by atoms with Gasteiger partial charge in [-0.1, -0.05) is 60.2 Å². The van der Waals surface area contributed by atoms with Crippen molar-refractivity contribution in [1.29, 1.82) is 0 Å². The third-order valence-electron chi connectivity index (χ3n) is 4.44. The van der Waals surface area contributed by atoms with Crippen LogP contribution in [0.25, 0.3) is 0 Å². The van der Waals surface area contributed by atoms with Crippen LogP contribution < -0.4 is 10.1 Å². The molecule has 0 unspecified atom stereocenters. The molecule has 0 aromatic heterocycles. The topological polar surface area (TPSA) is 81.7 Å². The van der Waals surface area contributed by atoms with Crippen molar-refractivity contribution in [2.45, 2.75) is 13.3 Å². The Kier molecular flexibility index (Phi) is 7.54. The van der Waals surface area contributed by atoms with Crippen molar-refractivity contribution in [2.24, 2.45) is 0 Å². The number of nitrogens with one attached hydrogen (secondary N) is 1. The van der Waals surface area contributed by atoms with Gasteiger partial charge in [-0.2, -0.15) is 0 Å². The highest BCUT2D eigenvalue weighted by Gasteiger charge is 2.15. The normalized spacial score (nSPS) is 10.2. The number of para-hydroxylation sites is 1. The quantitative estimate of drug-likeness (QED) is 0.417. The molecule has 0 radical (unpaired) electrons. The monoisotopic (exact) mass is 417 g/mol. The third-order valence-corrected chi connectivity index (χ3v) is 4.44. The first-order valence-electron chi connectivity index (χ1n) is 9.86. The summed E-state index contributed by atoms with van der Waals surface area (Å²) in [7, 11) is 0. The fourth-order valence-electron chi connectivity index (χ4n) is 2.83. The zero-order valence-corrected chi connectivity index (χ0v) is 17.2. The number of carbonyl (C=O) groups excluding carboxylic acids is 3. The molecule has 6 heteroatoms. The van der Waals surface area contributed by atoms with Crippen molar-refractivity contribution in [3.63, 3.8) is 0 Å². The molecule has 0 spiro atoms. The van der Waals surface area contributed by atoms with E-state index in [-0.39, 0.29) is 18.8 Å². The molecular weight excluding hydrogens is 394 g/mol. The lowest BCUT2D eigenvalue weighted by Gasteiger charge is -2.11. The molecule has 0 aliphatic carbocycles. The van der Waals surface area contributed by atoms with E-state index in [1.165, 1.54) is 0 Å². The fourth-order valence-corrected chi connectivity index (χ4v) is 2.83. The zero-order chi connectivity index (χ0) is 22.1. The molecule has 0 bridgehead atoms. The van der Waals surface area contributed by atoms with Crippen molar-refractivity contribution < 1.29 is 23.9 Å². The van der Waals surface area contributed by atoms with E-state index in [1.807, 2.05) is 37.3 Å². The van der Waals surface area contributed by atoms with Crippen LogP contribution in [0.2, 0.25) is 0 Å². The zero-order valence-electron chi connectivity index (χ0n) is 17.2. The predicted octanol–water partition coefficient (Wildman–Crippen LogP) is 4.18. The first-order chi connectivity index (χ1) is 15.0. The van der Waals surface area contributed by atoms with Crippen LogP contribution in [-0.2, 0) is 14.3 Å². The average Bonchev–Trinajstić information content (AvgIpc) is 2.79. The van der Waals surface area contributed by atoms with E-state index in [4.69, 9.17) is 9.47 Å². The maximum absolute atomic E-state index is 12.7. The van der Waals surface area contributed by atoms with Gasteiger partial charge in [0, 0.05) is 11.1 Å². The van der Waals surface area contributed by atoms with Crippen LogP contribution in [0.3, 0.4) is 0 Å². The van der Waals surface area contributed by atoms with Gasteiger partial charge < -0.3 is 14.8 Å².